The van der Waals surface area contributed by atoms with E-state index in [-0.39, 0.29) is 0 Å². The first kappa shape index (κ1) is 15.6. The molecule has 0 aliphatic carbocycles. The van der Waals surface area contributed by atoms with E-state index >= 15 is 0 Å². The topological polar surface area (TPSA) is 42.8 Å². The van der Waals surface area contributed by atoms with Crippen LogP contribution in [0, 0.1) is 3.57 Å². The number of ether oxygens (including phenoxy) is 2. The van der Waals surface area contributed by atoms with E-state index in [1.54, 1.807) is 13.3 Å². The Balaban J connectivity index is 2.15. The van der Waals surface area contributed by atoms with E-state index in [1.165, 1.54) is 0 Å². The predicted molar refractivity (Wildman–Crippen MR) is 94.5 cm³/mol. The lowest BCUT2D eigenvalue weighted by atomic mass is 10.2. The number of anilines is 1. The molecule has 0 heterocycles. The monoisotopic (exact) mass is 396 g/mol. The molecule has 2 aromatic rings. The molecule has 0 radical (unpaired) electrons. The highest BCUT2D eigenvalue weighted by Gasteiger charge is 2.10. The normalized spacial score (nSPS) is 10.6. The molecule has 5 heteroatoms. The van der Waals surface area contributed by atoms with Gasteiger partial charge in [-0.2, -0.15) is 5.10 Å². The molecule has 110 valence electrons. The van der Waals surface area contributed by atoms with Crippen molar-refractivity contribution in [3.05, 3.63) is 51.6 Å². The fraction of sp³-hybridized carbons (Fsp3) is 0.188. The molecule has 1 N–H and O–H groups in total. The van der Waals surface area contributed by atoms with Crippen LogP contribution < -0.4 is 14.9 Å². The van der Waals surface area contributed by atoms with Crippen LogP contribution in [0.3, 0.4) is 0 Å². The highest BCUT2D eigenvalue weighted by molar-refractivity contribution is 14.1. The summed E-state index contributed by atoms with van der Waals surface area (Å²) in [5, 5.41) is 4.23. The van der Waals surface area contributed by atoms with Crippen molar-refractivity contribution < 1.29 is 9.47 Å². The van der Waals surface area contributed by atoms with Crippen LogP contribution in [-0.4, -0.2) is 19.9 Å². The van der Waals surface area contributed by atoms with Gasteiger partial charge in [0.2, 0.25) is 0 Å². The molecule has 0 aliphatic rings. The first-order valence-electron chi connectivity index (χ1n) is 6.59. The maximum absolute atomic E-state index is 5.59. The van der Waals surface area contributed by atoms with Crippen molar-refractivity contribution in [2.24, 2.45) is 5.10 Å². The molecule has 0 amide bonds. The molecule has 0 fully saturated rings. The van der Waals surface area contributed by atoms with Gasteiger partial charge in [0.15, 0.2) is 11.5 Å². The van der Waals surface area contributed by atoms with E-state index in [4.69, 9.17) is 9.47 Å². The van der Waals surface area contributed by atoms with E-state index in [9.17, 15) is 0 Å². The van der Waals surface area contributed by atoms with Crippen molar-refractivity contribution in [2.45, 2.75) is 6.92 Å². The van der Waals surface area contributed by atoms with Crippen LogP contribution in [0.4, 0.5) is 5.69 Å². The molecule has 0 aliphatic heterocycles. The largest absolute Gasteiger partial charge is 0.493 e. The third-order valence-electron chi connectivity index (χ3n) is 2.72. The second kappa shape index (κ2) is 7.87. The zero-order chi connectivity index (χ0) is 15.1. The number of rotatable bonds is 6. The van der Waals surface area contributed by atoms with Gasteiger partial charge in [0, 0.05) is 0 Å². The number of methoxy groups -OCH3 is 1. The number of nitrogens with zero attached hydrogens (tertiary/aromatic N) is 1. The summed E-state index contributed by atoms with van der Waals surface area (Å²) in [6.45, 7) is 2.56. The molecule has 4 nitrogen and oxygen atoms in total. The molecule has 0 bridgehead atoms. The van der Waals surface area contributed by atoms with Gasteiger partial charge in [-0.3, -0.25) is 5.43 Å². The van der Waals surface area contributed by atoms with Crippen LogP contribution in [0.25, 0.3) is 0 Å². The number of para-hydroxylation sites is 1. The van der Waals surface area contributed by atoms with Crippen LogP contribution in [0.2, 0.25) is 0 Å². The molecule has 2 rings (SSSR count). The van der Waals surface area contributed by atoms with Gasteiger partial charge in [-0.05, 0) is 59.3 Å². The fourth-order valence-corrected chi connectivity index (χ4v) is 2.57. The van der Waals surface area contributed by atoms with E-state index < -0.39 is 0 Å². The first-order chi connectivity index (χ1) is 10.2. The number of hydrogen-bond acceptors (Lipinski definition) is 4. The van der Waals surface area contributed by atoms with E-state index in [0.717, 1.165) is 20.6 Å². The van der Waals surface area contributed by atoms with Crippen molar-refractivity contribution in [1.29, 1.82) is 0 Å². The highest BCUT2D eigenvalue weighted by Crippen LogP contribution is 2.33. The second-order valence-corrected chi connectivity index (χ2v) is 5.37. The summed E-state index contributed by atoms with van der Waals surface area (Å²) >= 11 is 2.23. The molecule has 0 saturated heterocycles. The van der Waals surface area contributed by atoms with Crippen molar-refractivity contribution in [1.82, 2.24) is 0 Å². The zero-order valence-corrected chi connectivity index (χ0v) is 14.1. The molecule has 0 unspecified atom stereocenters. The number of nitrogens with one attached hydrogen (secondary N) is 1. The van der Waals surface area contributed by atoms with Crippen LogP contribution in [0.15, 0.2) is 47.6 Å². The minimum Gasteiger partial charge on any atom is -0.493 e. The van der Waals surface area contributed by atoms with Gasteiger partial charge in [-0.15, -0.1) is 0 Å². The van der Waals surface area contributed by atoms with Crippen molar-refractivity contribution in [3.8, 4) is 11.5 Å². The fourth-order valence-electron chi connectivity index (χ4n) is 1.79. The summed E-state index contributed by atoms with van der Waals surface area (Å²) in [5.74, 6) is 1.48. The number of benzene rings is 2. The molecule has 21 heavy (non-hydrogen) atoms. The molecule has 2 aromatic carbocycles. The summed E-state index contributed by atoms with van der Waals surface area (Å²) in [6, 6.07) is 13.7. The predicted octanol–water partition coefficient (Wildman–Crippen LogP) is 4.14. The van der Waals surface area contributed by atoms with Gasteiger partial charge in [0.25, 0.3) is 0 Å². The quantitative estimate of drug-likeness (QED) is 0.453. The smallest absolute Gasteiger partial charge is 0.174 e. The van der Waals surface area contributed by atoms with Crippen LogP contribution in [0.5, 0.6) is 11.5 Å². The minimum absolute atomic E-state index is 0.607. The number of hydrogen-bond donors (Lipinski definition) is 1. The lowest BCUT2D eigenvalue weighted by Crippen LogP contribution is -1.99. The van der Waals surface area contributed by atoms with Crippen molar-refractivity contribution >= 4 is 34.5 Å². The molecule has 0 aromatic heterocycles. The zero-order valence-electron chi connectivity index (χ0n) is 12.0. The SMILES string of the molecule is CCOc1c(I)cc(/C=N\Nc2ccccc2)cc1OC. The van der Waals surface area contributed by atoms with Gasteiger partial charge in [0.1, 0.15) is 0 Å². The van der Waals surface area contributed by atoms with Crippen LogP contribution in [0.1, 0.15) is 12.5 Å². The Bertz CT molecular complexity index is 615. The second-order valence-electron chi connectivity index (χ2n) is 4.20. The minimum atomic E-state index is 0.607. The van der Waals surface area contributed by atoms with E-state index in [1.807, 2.05) is 49.4 Å². The average molecular weight is 396 g/mol. The maximum atomic E-state index is 5.59. The lowest BCUT2D eigenvalue weighted by Gasteiger charge is -2.12. The van der Waals surface area contributed by atoms with Gasteiger partial charge in [0.05, 0.1) is 29.2 Å². The summed E-state index contributed by atoms with van der Waals surface area (Å²) in [6.07, 6.45) is 1.76. The summed E-state index contributed by atoms with van der Waals surface area (Å²) < 4.78 is 12.0. The third kappa shape index (κ3) is 4.35. The summed E-state index contributed by atoms with van der Waals surface area (Å²) in [7, 11) is 1.64. The van der Waals surface area contributed by atoms with Crippen molar-refractivity contribution in [2.75, 3.05) is 19.1 Å². The Kier molecular flexibility index (Phi) is 5.86. The standard InChI is InChI=1S/C16H17IN2O2/c1-3-21-16-14(17)9-12(10-15(16)20-2)11-18-19-13-7-5-4-6-8-13/h4-11,19H,3H2,1-2H3/b18-11-. The summed E-state index contributed by atoms with van der Waals surface area (Å²) in [5.41, 5.74) is 4.88. The Labute approximate surface area is 138 Å². The van der Waals surface area contributed by atoms with Gasteiger partial charge in [-0.25, -0.2) is 0 Å². The molecular formula is C16H17IN2O2. The van der Waals surface area contributed by atoms with Crippen LogP contribution >= 0.6 is 22.6 Å². The van der Waals surface area contributed by atoms with Gasteiger partial charge < -0.3 is 9.47 Å². The summed E-state index contributed by atoms with van der Waals surface area (Å²) in [4.78, 5) is 0. The molecule has 0 atom stereocenters. The van der Waals surface area contributed by atoms with Gasteiger partial charge in [-0.1, -0.05) is 18.2 Å². The Morgan fingerprint density at radius 2 is 2.00 bits per heavy atom. The molecule has 0 saturated carbocycles. The van der Waals surface area contributed by atoms with Crippen molar-refractivity contribution in [3.63, 3.8) is 0 Å². The lowest BCUT2D eigenvalue weighted by molar-refractivity contribution is 0.308. The third-order valence-corrected chi connectivity index (χ3v) is 3.52. The Morgan fingerprint density at radius 3 is 2.67 bits per heavy atom. The molecular weight excluding hydrogens is 379 g/mol. The average Bonchev–Trinajstić information content (AvgIpc) is 2.51. The van der Waals surface area contributed by atoms with E-state index in [0.29, 0.717) is 12.4 Å². The first-order valence-corrected chi connectivity index (χ1v) is 7.67. The Hall–Kier alpha value is -1.76. The van der Waals surface area contributed by atoms with Crippen LogP contribution in [-0.2, 0) is 0 Å². The number of hydrazone groups is 1. The molecule has 0 spiro atoms. The van der Waals surface area contributed by atoms with E-state index in [2.05, 4.69) is 33.1 Å². The Morgan fingerprint density at radius 1 is 1.24 bits per heavy atom. The highest BCUT2D eigenvalue weighted by atomic mass is 127. The maximum Gasteiger partial charge on any atom is 0.174 e. The number of halogens is 1. The van der Waals surface area contributed by atoms with Gasteiger partial charge >= 0.3 is 0 Å².